The first-order valence-corrected chi connectivity index (χ1v) is 22.4. The van der Waals surface area contributed by atoms with Crippen LogP contribution in [-0.4, -0.2) is 0 Å². The maximum atomic E-state index is 2.40. The first-order valence-electron chi connectivity index (χ1n) is 21.6. The molecule has 0 saturated heterocycles. The second-order valence-corrected chi connectivity index (χ2v) is 18.3. The molecule has 0 atom stereocenters. The van der Waals surface area contributed by atoms with Gasteiger partial charge in [-0.05, 0) is 115 Å². The summed E-state index contributed by atoms with van der Waals surface area (Å²) >= 11 is 1.93. The number of thiophene rings is 1. The van der Waals surface area contributed by atoms with E-state index in [9.17, 15) is 0 Å². The first kappa shape index (κ1) is 36.6. The molecular weight excluding hydrogens is 767 g/mol. The van der Waals surface area contributed by atoms with Gasteiger partial charge in [0.2, 0.25) is 0 Å². The Kier molecular flexibility index (Phi) is 8.36. The lowest BCUT2D eigenvalue weighted by molar-refractivity contribution is 0.660. The zero-order valence-corrected chi connectivity index (χ0v) is 35.5. The first-order chi connectivity index (χ1) is 30.5. The van der Waals surface area contributed by atoms with Crippen molar-refractivity contribution in [2.45, 2.75) is 24.7 Å². The Morgan fingerprint density at radius 2 is 0.903 bits per heavy atom. The fraction of sp³-hybridized carbons (Fsp3) is 0.0667. The van der Waals surface area contributed by atoms with E-state index in [0.29, 0.717) is 0 Å². The van der Waals surface area contributed by atoms with Gasteiger partial charge in [-0.1, -0.05) is 196 Å². The average molecular weight is 810 g/mol. The largest absolute Gasteiger partial charge is 0.310 e. The molecule has 1 aromatic heterocycles. The summed E-state index contributed by atoms with van der Waals surface area (Å²) < 4.78 is 1.32. The molecule has 0 spiro atoms. The highest BCUT2D eigenvalue weighted by Gasteiger charge is 2.49. The van der Waals surface area contributed by atoms with Crippen molar-refractivity contribution in [2.75, 3.05) is 4.90 Å². The molecule has 10 aromatic rings. The van der Waals surface area contributed by atoms with Gasteiger partial charge in [0.15, 0.2) is 0 Å². The minimum Gasteiger partial charge on any atom is -0.310 e. The summed E-state index contributed by atoms with van der Waals surface area (Å²) in [6.07, 6.45) is 0. The Morgan fingerprint density at radius 1 is 0.387 bits per heavy atom. The summed E-state index contributed by atoms with van der Waals surface area (Å²) in [6.45, 7) is 4.70. The highest BCUT2D eigenvalue weighted by atomic mass is 32.1. The Morgan fingerprint density at radius 3 is 1.61 bits per heavy atom. The molecule has 2 aliphatic carbocycles. The smallest absolute Gasteiger partial charge is 0.0728 e. The van der Waals surface area contributed by atoms with Crippen molar-refractivity contribution in [3.05, 3.63) is 258 Å². The van der Waals surface area contributed by atoms with E-state index < -0.39 is 5.41 Å². The van der Waals surface area contributed by atoms with Crippen LogP contribution in [0.15, 0.2) is 224 Å². The zero-order valence-electron chi connectivity index (χ0n) is 34.7. The van der Waals surface area contributed by atoms with Crippen molar-refractivity contribution in [1.82, 2.24) is 0 Å². The topological polar surface area (TPSA) is 3.24 Å². The van der Waals surface area contributed by atoms with Crippen molar-refractivity contribution < 1.29 is 0 Å². The predicted octanol–water partition coefficient (Wildman–Crippen LogP) is 16.4. The number of fused-ring (bicyclic) bond motifs is 8. The molecule has 1 nitrogen and oxygen atoms in total. The van der Waals surface area contributed by atoms with Crippen molar-refractivity contribution >= 4 is 38.5 Å². The van der Waals surface area contributed by atoms with E-state index in [-0.39, 0.29) is 5.41 Å². The molecule has 294 valence electrons. The quantitative estimate of drug-likeness (QED) is 0.155. The molecule has 0 aliphatic heterocycles. The molecular formula is C60H43NS. The standard InChI is InChI=1S/C60H43NS/c1-59(2)52-26-14-12-23-49(52)50-38-37-47(39-54(50)59)61(45-21-10-5-11-22-45)46-35-33-41(34-36-46)40-29-31-42(32-30-40)48-25-16-27-53-56(48)58-57(51-24-13-15-28-55(51)62-58)60(53,43-17-6-3-7-18-43)44-19-8-4-9-20-44/h3-39H,1-2H3. The van der Waals surface area contributed by atoms with Gasteiger partial charge in [-0.2, -0.15) is 0 Å². The SMILES string of the molecule is CC1(C)c2ccccc2-c2ccc(N(c3ccccc3)c3ccc(-c4ccc(-c5cccc6c5-c5sc7ccccc7c5C6(c5ccccc5)c5ccccc5)cc4)cc3)cc21. The third kappa shape index (κ3) is 5.40. The zero-order chi connectivity index (χ0) is 41.4. The second kappa shape index (κ2) is 14.2. The van der Waals surface area contributed by atoms with Crippen LogP contribution in [0.25, 0.3) is 53.9 Å². The molecule has 2 heteroatoms. The normalized spacial score (nSPS) is 13.9. The van der Waals surface area contributed by atoms with E-state index in [1.165, 1.54) is 87.3 Å². The van der Waals surface area contributed by atoms with E-state index in [4.69, 9.17) is 0 Å². The maximum Gasteiger partial charge on any atom is 0.0728 e. The van der Waals surface area contributed by atoms with Crippen LogP contribution in [0.1, 0.15) is 47.2 Å². The van der Waals surface area contributed by atoms with Crippen molar-refractivity contribution in [3.63, 3.8) is 0 Å². The van der Waals surface area contributed by atoms with Crippen LogP contribution in [-0.2, 0) is 10.8 Å². The van der Waals surface area contributed by atoms with E-state index in [0.717, 1.165) is 17.1 Å². The maximum absolute atomic E-state index is 2.40. The van der Waals surface area contributed by atoms with Gasteiger partial charge >= 0.3 is 0 Å². The summed E-state index contributed by atoms with van der Waals surface area (Å²) in [5, 5.41) is 1.33. The highest BCUT2D eigenvalue weighted by molar-refractivity contribution is 7.22. The number of rotatable bonds is 7. The Bertz CT molecular complexity index is 3250. The molecule has 1 heterocycles. The number of hydrogen-bond donors (Lipinski definition) is 0. The molecule has 0 amide bonds. The van der Waals surface area contributed by atoms with Gasteiger partial charge in [0, 0.05) is 37.6 Å². The molecule has 0 saturated carbocycles. The molecule has 0 fully saturated rings. The van der Waals surface area contributed by atoms with Crippen LogP contribution in [0.3, 0.4) is 0 Å². The Labute approximate surface area is 367 Å². The van der Waals surface area contributed by atoms with Crippen LogP contribution < -0.4 is 4.90 Å². The second-order valence-electron chi connectivity index (χ2n) is 17.2. The molecule has 2 aliphatic rings. The third-order valence-electron chi connectivity index (χ3n) is 13.6. The third-order valence-corrected chi connectivity index (χ3v) is 14.8. The molecule has 9 aromatic carbocycles. The van der Waals surface area contributed by atoms with Gasteiger partial charge in [0.25, 0.3) is 0 Å². The van der Waals surface area contributed by atoms with Crippen LogP contribution in [0.4, 0.5) is 17.1 Å². The monoisotopic (exact) mass is 809 g/mol. The van der Waals surface area contributed by atoms with E-state index in [1.54, 1.807) is 0 Å². The van der Waals surface area contributed by atoms with Crippen LogP contribution in [0.5, 0.6) is 0 Å². The molecule has 0 radical (unpaired) electrons. The molecule has 62 heavy (non-hydrogen) atoms. The van der Waals surface area contributed by atoms with Gasteiger partial charge in [0.1, 0.15) is 0 Å². The van der Waals surface area contributed by atoms with Crippen molar-refractivity contribution in [3.8, 4) is 43.8 Å². The fourth-order valence-electron chi connectivity index (χ4n) is 10.7. The van der Waals surface area contributed by atoms with Gasteiger partial charge in [-0.3, -0.25) is 0 Å². The van der Waals surface area contributed by atoms with E-state index in [1.807, 2.05) is 11.3 Å². The Balaban J connectivity index is 0.934. The highest BCUT2D eigenvalue weighted by Crippen LogP contribution is 2.62. The van der Waals surface area contributed by atoms with Gasteiger partial charge in [0.05, 0.1) is 5.41 Å². The van der Waals surface area contributed by atoms with Gasteiger partial charge in [-0.25, -0.2) is 0 Å². The summed E-state index contributed by atoms with van der Waals surface area (Å²) in [5.74, 6) is 0. The van der Waals surface area contributed by atoms with E-state index in [2.05, 4.69) is 243 Å². The lowest BCUT2D eigenvalue weighted by Gasteiger charge is -2.34. The van der Waals surface area contributed by atoms with Gasteiger partial charge in [-0.15, -0.1) is 11.3 Å². The van der Waals surface area contributed by atoms with Crippen LogP contribution >= 0.6 is 11.3 Å². The van der Waals surface area contributed by atoms with Crippen LogP contribution in [0.2, 0.25) is 0 Å². The number of hydrogen-bond acceptors (Lipinski definition) is 2. The minimum absolute atomic E-state index is 0.0762. The number of para-hydroxylation sites is 1. The number of anilines is 3. The fourth-order valence-corrected chi connectivity index (χ4v) is 12.1. The van der Waals surface area contributed by atoms with E-state index >= 15 is 0 Å². The lowest BCUT2D eigenvalue weighted by Crippen LogP contribution is -2.28. The number of benzene rings is 9. The van der Waals surface area contributed by atoms with Crippen LogP contribution in [0, 0.1) is 0 Å². The summed E-state index contributed by atoms with van der Waals surface area (Å²) in [4.78, 5) is 3.75. The van der Waals surface area contributed by atoms with Crippen molar-refractivity contribution in [2.24, 2.45) is 0 Å². The summed E-state index contributed by atoms with van der Waals surface area (Å²) in [6, 6.07) is 83.1. The summed E-state index contributed by atoms with van der Waals surface area (Å²) in [5.41, 5.74) is 19.9. The molecule has 0 bridgehead atoms. The predicted molar refractivity (Wildman–Crippen MR) is 262 cm³/mol. The molecule has 0 unspecified atom stereocenters. The molecule has 12 rings (SSSR count). The number of nitrogens with zero attached hydrogens (tertiary/aromatic N) is 1. The molecule has 0 N–H and O–H groups in total. The Hall–Kier alpha value is -7.26. The van der Waals surface area contributed by atoms with Gasteiger partial charge < -0.3 is 4.90 Å². The average Bonchev–Trinajstić information content (AvgIpc) is 3.94. The summed E-state index contributed by atoms with van der Waals surface area (Å²) in [7, 11) is 0. The van der Waals surface area contributed by atoms with Crippen molar-refractivity contribution in [1.29, 1.82) is 0 Å². The minimum atomic E-state index is -0.445. The lowest BCUT2D eigenvalue weighted by atomic mass is 9.67.